The van der Waals surface area contributed by atoms with Crippen molar-refractivity contribution < 1.29 is 0 Å². The van der Waals surface area contributed by atoms with Gasteiger partial charge < -0.3 is 5.73 Å². The van der Waals surface area contributed by atoms with Crippen LogP contribution in [0, 0.1) is 0 Å². The summed E-state index contributed by atoms with van der Waals surface area (Å²) in [5, 5.41) is 0.875. The summed E-state index contributed by atoms with van der Waals surface area (Å²) in [7, 11) is 0. The van der Waals surface area contributed by atoms with Crippen molar-refractivity contribution in [1.82, 2.24) is 9.97 Å². The van der Waals surface area contributed by atoms with Crippen molar-refractivity contribution in [2.24, 2.45) is 0 Å². The number of fused-ring (bicyclic) bond motifs is 1. The molecule has 3 heteroatoms. The van der Waals surface area contributed by atoms with Crippen LogP contribution >= 0.6 is 0 Å². The number of nitrogen functional groups attached to an aromatic ring is 1. The summed E-state index contributed by atoms with van der Waals surface area (Å²) in [4.78, 5) is 8.01. The summed E-state index contributed by atoms with van der Waals surface area (Å²) in [6.45, 7) is 3.69. The number of rotatable bonds is 1. The predicted molar refractivity (Wildman–Crippen MR) is 54.0 cm³/mol. The molecule has 0 unspecified atom stereocenters. The highest BCUT2D eigenvalue weighted by atomic mass is 14.9. The molecule has 64 valence electrons. The van der Waals surface area contributed by atoms with Crippen molar-refractivity contribution in [3.8, 4) is 0 Å². The molecule has 0 fully saturated rings. The van der Waals surface area contributed by atoms with Crippen molar-refractivity contribution in [1.29, 1.82) is 0 Å². The molecule has 0 bridgehead atoms. The fraction of sp³-hybridized carbons (Fsp3) is 0. The zero-order valence-electron chi connectivity index (χ0n) is 7.07. The molecule has 0 atom stereocenters. The first-order chi connectivity index (χ1) is 6.31. The van der Waals surface area contributed by atoms with E-state index in [9.17, 15) is 0 Å². The second-order valence-electron chi connectivity index (χ2n) is 2.74. The standard InChI is InChI=1S/C10H9N3/c1-2-7-3-4-9-8(5-7)10(11)13-6-12-9/h2-6H,1H2,(H2,11,12,13). The molecular formula is C10H9N3. The van der Waals surface area contributed by atoms with Gasteiger partial charge in [0, 0.05) is 5.39 Å². The lowest BCUT2D eigenvalue weighted by atomic mass is 10.1. The second-order valence-corrected chi connectivity index (χ2v) is 2.74. The largest absolute Gasteiger partial charge is 0.383 e. The van der Waals surface area contributed by atoms with Crippen LogP contribution in [0.1, 0.15) is 5.56 Å². The van der Waals surface area contributed by atoms with E-state index >= 15 is 0 Å². The fourth-order valence-corrected chi connectivity index (χ4v) is 1.22. The molecule has 0 radical (unpaired) electrons. The summed E-state index contributed by atoms with van der Waals surface area (Å²) in [6.07, 6.45) is 3.23. The first kappa shape index (κ1) is 7.73. The third-order valence-corrected chi connectivity index (χ3v) is 1.93. The Morgan fingerprint density at radius 2 is 2.15 bits per heavy atom. The molecular weight excluding hydrogens is 162 g/mol. The predicted octanol–water partition coefficient (Wildman–Crippen LogP) is 1.85. The maximum absolute atomic E-state index is 5.69. The Labute approximate surface area is 75.9 Å². The zero-order valence-corrected chi connectivity index (χ0v) is 7.07. The normalized spacial score (nSPS) is 10.2. The number of anilines is 1. The van der Waals surface area contributed by atoms with Crippen molar-refractivity contribution in [3.63, 3.8) is 0 Å². The lowest BCUT2D eigenvalue weighted by molar-refractivity contribution is 1.23. The molecule has 1 aromatic carbocycles. The smallest absolute Gasteiger partial charge is 0.134 e. The van der Waals surface area contributed by atoms with E-state index in [1.54, 1.807) is 6.08 Å². The molecule has 0 aliphatic carbocycles. The minimum absolute atomic E-state index is 0.508. The van der Waals surface area contributed by atoms with Crippen LogP contribution < -0.4 is 5.73 Å². The summed E-state index contributed by atoms with van der Waals surface area (Å²) in [5.41, 5.74) is 7.58. The number of hydrogen-bond donors (Lipinski definition) is 1. The lowest BCUT2D eigenvalue weighted by Crippen LogP contribution is -1.92. The molecule has 0 spiro atoms. The Hall–Kier alpha value is -1.90. The Morgan fingerprint density at radius 1 is 1.31 bits per heavy atom. The van der Waals surface area contributed by atoms with Gasteiger partial charge in [-0.3, -0.25) is 0 Å². The zero-order chi connectivity index (χ0) is 9.26. The second kappa shape index (κ2) is 2.86. The molecule has 0 saturated heterocycles. The highest BCUT2D eigenvalue weighted by Gasteiger charge is 1.99. The van der Waals surface area contributed by atoms with Crippen LogP contribution in [0.3, 0.4) is 0 Å². The maximum Gasteiger partial charge on any atom is 0.134 e. The topological polar surface area (TPSA) is 51.8 Å². The monoisotopic (exact) mass is 171 g/mol. The van der Waals surface area contributed by atoms with Gasteiger partial charge in [-0.15, -0.1) is 0 Å². The van der Waals surface area contributed by atoms with E-state index in [0.717, 1.165) is 16.5 Å². The van der Waals surface area contributed by atoms with Gasteiger partial charge in [0.1, 0.15) is 12.1 Å². The molecule has 13 heavy (non-hydrogen) atoms. The van der Waals surface area contributed by atoms with Crippen molar-refractivity contribution >= 4 is 22.8 Å². The first-order valence-corrected chi connectivity index (χ1v) is 3.94. The number of nitrogens with two attached hydrogens (primary N) is 1. The number of aromatic nitrogens is 2. The van der Waals surface area contributed by atoms with E-state index < -0.39 is 0 Å². The van der Waals surface area contributed by atoms with E-state index in [-0.39, 0.29) is 0 Å². The van der Waals surface area contributed by atoms with E-state index in [0.29, 0.717) is 5.82 Å². The molecule has 1 heterocycles. The molecule has 1 aromatic heterocycles. The van der Waals surface area contributed by atoms with Crippen LogP contribution in [0.2, 0.25) is 0 Å². The Bertz CT molecular complexity index is 463. The number of hydrogen-bond acceptors (Lipinski definition) is 3. The maximum atomic E-state index is 5.69. The van der Waals surface area contributed by atoms with Crippen molar-refractivity contribution in [2.45, 2.75) is 0 Å². The van der Waals surface area contributed by atoms with E-state index in [1.165, 1.54) is 6.33 Å². The van der Waals surface area contributed by atoms with Crippen LogP contribution in [0.25, 0.3) is 17.0 Å². The van der Waals surface area contributed by atoms with Crippen molar-refractivity contribution in [3.05, 3.63) is 36.7 Å². The van der Waals surface area contributed by atoms with Gasteiger partial charge in [-0.2, -0.15) is 0 Å². The Balaban J connectivity index is 2.81. The Kier molecular flexibility index (Phi) is 1.70. The Morgan fingerprint density at radius 3 is 2.92 bits per heavy atom. The molecule has 0 amide bonds. The molecule has 0 aliphatic rings. The van der Waals surface area contributed by atoms with Crippen LogP contribution in [0.5, 0.6) is 0 Å². The summed E-state index contributed by atoms with van der Waals surface area (Å²) >= 11 is 0. The van der Waals surface area contributed by atoms with E-state index in [4.69, 9.17) is 5.73 Å². The van der Waals surface area contributed by atoms with Crippen LogP contribution in [-0.4, -0.2) is 9.97 Å². The minimum atomic E-state index is 0.508. The molecule has 3 nitrogen and oxygen atoms in total. The van der Waals surface area contributed by atoms with Crippen LogP contribution in [-0.2, 0) is 0 Å². The van der Waals surface area contributed by atoms with Crippen LogP contribution in [0.4, 0.5) is 5.82 Å². The molecule has 0 saturated carbocycles. The average Bonchev–Trinajstić information content (AvgIpc) is 2.18. The molecule has 2 rings (SSSR count). The third-order valence-electron chi connectivity index (χ3n) is 1.93. The minimum Gasteiger partial charge on any atom is -0.383 e. The van der Waals surface area contributed by atoms with Gasteiger partial charge in [-0.05, 0) is 17.7 Å². The first-order valence-electron chi connectivity index (χ1n) is 3.94. The highest BCUT2D eigenvalue weighted by Crippen LogP contribution is 2.18. The van der Waals surface area contributed by atoms with Crippen molar-refractivity contribution in [2.75, 3.05) is 5.73 Å². The van der Waals surface area contributed by atoms with Gasteiger partial charge in [0.2, 0.25) is 0 Å². The van der Waals surface area contributed by atoms with Crippen LogP contribution in [0.15, 0.2) is 31.1 Å². The van der Waals surface area contributed by atoms with Gasteiger partial charge in [-0.25, -0.2) is 9.97 Å². The number of nitrogens with zero attached hydrogens (tertiary/aromatic N) is 2. The highest BCUT2D eigenvalue weighted by molar-refractivity contribution is 5.89. The third kappa shape index (κ3) is 1.24. The SMILES string of the molecule is C=Cc1ccc2ncnc(N)c2c1. The molecule has 2 aromatic rings. The van der Waals surface area contributed by atoms with Gasteiger partial charge in [-0.1, -0.05) is 18.7 Å². The quantitative estimate of drug-likeness (QED) is 0.712. The van der Waals surface area contributed by atoms with E-state index in [1.807, 2.05) is 18.2 Å². The van der Waals surface area contributed by atoms with E-state index in [2.05, 4.69) is 16.5 Å². The van der Waals surface area contributed by atoms with Gasteiger partial charge in [0.15, 0.2) is 0 Å². The number of benzene rings is 1. The fourth-order valence-electron chi connectivity index (χ4n) is 1.22. The summed E-state index contributed by atoms with van der Waals surface area (Å²) in [5.74, 6) is 0.508. The lowest BCUT2D eigenvalue weighted by Gasteiger charge is -2.00. The molecule has 2 N–H and O–H groups in total. The summed E-state index contributed by atoms with van der Waals surface area (Å²) < 4.78 is 0. The van der Waals surface area contributed by atoms with Gasteiger partial charge >= 0.3 is 0 Å². The van der Waals surface area contributed by atoms with Gasteiger partial charge in [0.25, 0.3) is 0 Å². The summed E-state index contributed by atoms with van der Waals surface area (Å²) in [6, 6.07) is 5.78. The van der Waals surface area contributed by atoms with Gasteiger partial charge in [0.05, 0.1) is 5.52 Å². The average molecular weight is 171 g/mol. The molecule has 0 aliphatic heterocycles.